The van der Waals surface area contributed by atoms with Crippen molar-refractivity contribution in [3.8, 4) is 11.5 Å². The van der Waals surface area contributed by atoms with E-state index in [1.165, 1.54) is 32.1 Å². The number of rotatable bonds is 9. The molecule has 1 saturated heterocycles. The van der Waals surface area contributed by atoms with Gasteiger partial charge in [0.05, 0.1) is 13.7 Å². The number of ether oxygens (including phenoxy) is 2. The monoisotopic (exact) mass is 359 g/mol. The molecule has 1 fully saturated rings. The van der Waals surface area contributed by atoms with Gasteiger partial charge in [-0.1, -0.05) is 45.1 Å². The van der Waals surface area contributed by atoms with E-state index < -0.39 is 0 Å². The Morgan fingerprint density at radius 1 is 1.08 bits per heavy atom. The Morgan fingerprint density at radius 2 is 1.85 bits per heavy atom. The van der Waals surface area contributed by atoms with Gasteiger partial charge in [0.25, 0.3) is 0 Å². The third-order valence-corrected chi connectivity index (χ3v) is 4.78. The molecule has 0 bridgehead atoms. The molecule has 1 aromatic rings. The van der Waals surface area contributed by atoms with Crippen LogP contribution in [0.15, 0.2) is 24.3 Å². The van der Waals surface area contributed by atoms with Crippen LogP contribution < -0.4 is 9.47 Å². The summed E-state index contributed by atoms with van der Waals surface area (Å²) in [5.74, 6) is 1.58. The normalized spacial score (nSPS) is 15.1. The third-order valence-electron chi connectivity index (χ3n) is 4.78. The van der Waals surface area contributed by atoms with E-state index in [4.69, 9.17) is 9.47 Å². The molecule has 26 heavy (non-hydrogen) atoms. The first-order valence-electron chi connectivity index (χ1n) is 10.0. The van der Waals surface area contributed by atoms with E-state index in [1.54, 1.807) is 13.2 Å². The molecule has 1 heterocycles. The fourth-order valence-electron chi connectivity index (χ4n) is 3.18. The fraction of sp³-hybridized carbons (Fsp3) is 0.591. The maximum Gasteiger partial charge on any atom is 0.246 e. The molecule has 4 heteroatoms. The fourth-order valence-corrected chi connectivity index (χ4v) is 3.18. The van der Waals surface area contributed by atoms with Crippen LogP contribution in [-0.2, 0) is 4.79 Å². The molecule has 2 rings (SSSR count). The smallest absolute Gasteiger partial charge is 0.246 e. The summed E-state index contributed by atoms with van der Waals surface area (Å²) in [5.41, 5.74) is 0.948. The highest BCUT2D eigenvalue weighted by atomic mass is 16.5. The Bertz CT molecular complexity index is 575. The van der Waals surface area contributed by atoms with Crippen LogP contribution in [0.2, 0.25) is 0 Å². The number of carbonyl (C=O) groups excluding carboxylic acids is 1. The molecule has 0 spiro atoms. The molecule has 0 unspecified atom stereocenters. The molecule has 0 saturated carbocycles. The Labute approximate surface area is 158 Å². The number of nitrogens with zero attached hydrogens (tertiary/aromatic N) is 1. The number of methoxy groups -OCH3 is 1. The quantitative estimate of drug-likeness (QED) is 0.456. The third kappa shape index (κ3) is 6.74. The van der Waals surface area contributed by atoms with Crippen LogP contribution in [0.25, 0.3) is 6.08 Å². The standard InChI is InChI=1S/C22H33NO3/c1-3-4-5-10-17-26-20-13-11-19(18-21(20)25-2)12-14-22(24)23-15-8-6-7-9-16-23/h11-14,18H,3-10,15-17H2,1-2H3/b14-12+. The Kier molecular flexibility index (Phi) is 9.08. The van der Waals surface area contributed by atoms with Crippen molar-refractivity contribution in [1.29, 1.82) is 0 Å². The summed E-state index contributed by atoms with van der Waals surface area (Å²) >= 11 is 0. The zero-order valence-corrected chi connectivity index (χ0v) is 16.3. The number of hydrogen-bond donors (Lipinski definition) is 0. The van der Waals surface area contributed by atoms with Gasteiger partial charge in [-0.15, -0.1) is 0 Å². The summed E-state index contributed by atoms with van der Waals surface area (Å²) in [6.07, 6.45) is 12.9. The SMILES string of the molecule is CCCCCCOc1ccc(/C=C/C(=O)N2CCCCCC2)cc1OC. The summed E-state index contributed by atoms with van der Waals surface area (Å²) in [5, 5.41) is 0. The second kappa shape index (κ2) is 11.6. The van der Waals surface area contributed by atoms with Gasteiger partial charge in [0.1, 0.15) is 0 Å². The van der Waals surface area contributed by atoms with Crippen LogP contribution in [-0.4, -0.2) is 37.6 Å². The second-order valence-electron chi connectivity index (χ2n) is 6.89. The molecule has 1 aliphatic heterocycles. The van der Waals surface area contributed by atoms with Gasteiger partial charge >= 0.3 is 0 Å². The first-order chi connectivity index (χ1) is 12.7. The minimum atomic E-state index is 0.0992. The molecule has 1 aromatic carbocycles. The van der Waals surface area contributed by atoms with Gasteiger partial charge < -0.3 is 14.4 Å². The Morgan fingerprint density at radius 3 is 2.54 bits per heavy atom. The number of benzene rings is 1. The summed E-state index contributed by atoms with van der Waals surface area (Å²) in [6, 6.07) is 5.82. The molecule has 0 atom stereocenters. The first kappa shape index (κ1) is 20.3. The molecule has 144 valence electrons. The highest BCUT2D eigenvalue weighted by Gasteiger charge is 2.12. The number of hydrogen-bond acceptors (Lipinski definition) is 3. The molecule has 0 aliphatic carbocycles. The van der Waals surface area contributed by atoms with Gasteiger partial charge in [-0.3, -0.25) is 4.79 Å². The minimum absolute atomic E-state index is 0.0992. The van der Waals surface area contributed by atoms with Crippen LogP contribution in [0.4, 0.5) is 0 Å². The maximum atomic E-state index is 12.4. The van der Waals surface area contributed by atoms with Crippen LogP contribution in [0.5, 0.6) is 11.5 Å². The maximum absolute atomic E-state index is 12.4. The van der Waals surface area contributed by atoms with E-state index in [9.17, 15) is 4.79 Å². The number of carbonyl (C=O) groups is 1. The van der Waals surface area contributed by atoms with Crippen molar-refractivity contribution in [3.05, 3.63) is 29.8 Å². The highest BCUT2D eigenvalue weighted by Crippen LogP contribution is 2.29. The molecule has 0 N–H and O–H groups in total. The van der Waals surface area contributed by atoms with Crippen molar-refractivity contribution in [2.24, 2.45) is 0 Å². The van der Waals surface area contributed by atoms with Crippen molar-refractivity contribution in [2.75, 3.05) is 26.8 Å². The zero-order valence-electron chi connectivity index (χ0n) is 16.3. The van der Waals surface area contributed by atoms with Gasteiger partial charge in [0.2, 0.25) is 5.91 Å². The average molecular weight is 360 g/mol. The van der Waals surface area contributed by atoms with Crippen LogP contribution in [0.1, 0.15) is 63.9 Å². The van der Waals surface area contributed by atoms with Gasteiger partial charge in [-0.2, -0.15) is 0 Å². The predicted octanol–water partition coefficient (Wildman–Crippen LogP) is 5.07. The molecule has 1 aliphatic rings. The van der Waals surface area contributed by atoms with E-state index in [-0.39, 0.29) is 5.91 Å². The summed E-state index contributed by atoms with van der Waals surface area (Å²) in [7, 11) is 1.65. The topological polar surface area (TPSA) is 38.8 Å². The van der Waals surface area contributed by atoms with Gasteiger partial charge in [0, 0.05) is 19.2 Å². The number of unbranched alkanes of at least 4 members (excludes halogenated alkanes) is 3. The van der Waals surface area contributed by atoms with E-state index in [0.717, 1.165) is 43.7 Å². The lowest BCUT2D eigenvalue weighted by Gasteiger charge is -2.18. The van der Waals surface area contributed by atoms with Crippen molar-refractivity contribution >= 4 is 12.0 Å². The van der Waals surface area contributed by atoms with Crippen molar-refractivity contribution in [3.63, 3.8) is 0 Å². The lowest BCUT2D eigenvalue weighted by atomic mass is 10.1. The summed E-state index contributed by atoms with van der Waals surface area (Å²) in [6.45, 7) is 4.65. The lowest BCUT2D eigenvalue weighted by molar-refractivity contribution is -0.125. The van der Waals surface area contributed by atoms with Gasteiger partial charge in [-0.05, 0) is 43.0 Å². The minimum Gasteiger partial charge on any atom is -0.493 e. The van der Waals surface area contributed by atoms with Crippen LogP contribution in [0, 0.1) is 0 Å². The second-order valence-corrected chi connectivity index (χ2v) is 6.89. The highest BCUT2D eigenvalue weighted by molar-refractivity contribution is 5.91. The van der Waals surface area contributed by atoms with Gasteiger partial charge in [0.15, 0.2) is 11.5 Å². The van der Waals surface area contributed by atoms with E-state index in [0.29, 0.717) is 12.4 Å². The molecule has 1 amide bonds. The average Bonchev–Trinajstić information content (AvgIpc) is 2.96. The zero-order chi connectivity index (χ0) is 18.6. The Balaban J connectivity index is 1.91. The number of likely N-dealkylation sites (tertiary alicyclic amines) is 1. The van der Waals surface area contributed by atoms with Crippen LogP contribution in [0.3, 0.4) is 0 Å². The predicted molar refractivity (Wildman–Crippen MR) is 107 cm³/mol. The summed E-state index contributed by atoms with van der Waals surface area (Å²) in [4.78, 5) is 14.3. The molecule has 4 nitrogen and oxygen atoms in total. The summed E-state index contributed by atoms with van der Waals surface area (Å²) < 4.78 is 11.3. The molecule has 0 radical (unpaired) electrons. The molecular formula is C22H33NO3. The largest absolute Gasteiger partial charge is 0.493 e. The van der Waals surface area contributed by atoms with E-state index >= 15 is 0 Å². The van der Waals surface area contributed by atoms with Gasteiger partial charge in [-0.25, -0.2) is 0 Å². The van der Waals surface area contributed by atoms with Crippen molar-refractivity contribution < 1.29 is 14.3 Å². The lowest BCUT2D eigenvalue weighted by Crippen LogP contribution is -2.30. The van der Waals surface area contributed by atoms with Crippen LogP contribution >= 0.6 is 0 Å². The Hall–Kier alpha value is -1.97. The van der Waals surface area contributed by atoms with E-state index in [1.807, 2.05) is 29.2 Å². The number of amides is 1. The van der Waals surface area contributed by atoms with E-state index in [2.05, 4.69) is 6.92 Å². The van der Waals surface area contributed by atoms with Crippen molar-refractivity contribution in [2.45, 2.75) is 58.3 Å². The first-order valence-corrected chi connectivity index (χ1v) is 10.0. The molecular weight excluding hydrogens is 326 g/mol. The van der Waals surface area contributed by atoms with Crippen molar-refractivity contribution in [1.82, 2.24) is 4.90 Å². The molecule has 0 aromatic heterocycles.